The Labute approximate surface area is 141 Å². The minimum absolute atomic E-state index is 0.000760. The molecule has 0 saturated carbocycles. The van der Waals surface area contributed by atoms with E-state index in [1.807, 2.05) is 23.1 Å². The Morgan fingerprint density at radius 3 is 2.74 bits per heavy atom. The maximum atomic E-state index is 11.9. The second kappa shape index (κ2) is 6.65. The number of benzene rings is 1. The first-order valence-corrected chi connectivity index (χ1v) is 10.5. The van der Waals surface area contributed by atoms with Crippen molar-refractivity contribution in [1.29, 1.82) is 0 Å². The zero-order valence-corrected chi connectivity index (χ0v) is 14.6. The van der Waals surface area contributed by atoms with E-state index in [0.29, 0.717) is 18.1 Å². The molecule has 2 fully saturated rings. The fourth-order valence-corrected chi connectivity index (χ4v) is 6.97. The van der Waals surface area contributed by atoms with Crippen molar-refractivity contribution in [2.45, 2.75) is 31.1 Å². The first-order valence-electron chi connectivity index (χ1n) is 7.77. The summed E-state index contributed by atoms with van der Waals surface area (Å²) in [4.78, 5) is 17.9. The van der Waals surface area contributed by atoms with Gasteiger partial charge in [0.1, 0.15) is 0 Å². The highest BCUT2D eigenvalue weighted by molar-refractivity contribution is 8.15. The van der Waals surface area contributed by atoms with Gasteiger partial charge >= 0.3 is 0 Å². The quantitative estimate of drug-likeness (QED) is 0.826. The smallest absolute Gasteiger partial charge is 0.247 e. The van der Waals surface area contributed by atoms with E-state index in [-0.39, 0.29) is 28.7 Å². The molecule has 2 heterocycles. The van der Waals surface area contributed by atoms with Gasteiger partial charge in [-0.05, 0) is 12.0 Å². The SMILES string of the molecule is CCC(=O)N=C1S[C@@H]2CS(=O)(=O)C[C@H]2N1CCc1ccccc1. The average molecular weight is 352 g/mol. The van der Waals surface area contributed by atoms with E-state index in [1.54, 1.807) is 6.92 Å². The summed E-state index contributed by atoms with van der Waals surface area (Å²) in [5.41, 5.74) is 1.20. The van der Waals surface area contributed by atoms with Gasteiger partial charge in [0.15, 0.2) is 15.0 Å². The van der Waals surface area contributed by atoms with Gasteiger partial charge in [0.2, 0.25) is 5.91 Å². The average Bonchev–Trinajstić information content (AvgIpc) is 2.97. The number of amides is 1. The lowest BCUT2D eigenvalue weighted by atomic mass is 10.1. The standard InChI is InChI=1S/C16H20N2O3S2/c1-2-15(19)17-16-18(9-8-12-6-4-3-5-7-12)13-10-23(20,21)11-14(13)22-16/h3-7,13-14H,2,8-11H2,1H3/t13-,14-/m1/s1. The molecule has 124 valence electrons. The van der Waals surface area contributed by atoms with Gasteiger partial charge < -0.3 is 4.90 Å². The van der Waals surface area contributed by atoms with Crippen LogP contribution in [0.2, 0.25) is 0 Å². The second-order valence-electron chi connectivity index (χ2n) is 5.87. The number of hydrogen-bond donors (Lipinski definition) is 0. The van der Waals surface area contributed by atoms with Crippen LogP contribution in [-0.4, -0.2) is 53.7 Å². The number of amidine groups is 1. The summed E-state index contributed by atoms with van der Waals surface area (Å²) in [6, 6.07) is 10.0. The molecule has 2 saturated heterocycles. The molecule has 0 spiro atoms. The number of sulfone groups is 1. The van der Waals surface area contributed by atoms with Gasteiger partial charge in [-0.2, -0.15) is 4.99 Å². The number of aliphatic imine (C=N–C) groups is 1. The van der Waals surface area contributed by atoms with E-state index >= 15 is 0 Å². The maximum Gasteiger partial charge on any atom is 0.247 e. The molecule has 7 heteroatoms. The number of rotatable bonds is 4. The Morgan fingerprint density at radius 1 is 1.30 bits per heavy atom. The third kappa shape index (κ3) is 3.77. The third-order valence-electron chi connectivity index (χ3n) is 4.18. The molecule has 5 nitrogen and oxygen atoms in total. The number of hydrogen-bond acceptors (Lipinski definition) is 4. The zero-order valence-electron chi connectivity index (χ0n) is 13.0. The van der Waals surface area contributed by atoms with E-state index in [9.17, 15) is 13.2 Å². The van der Waals surface area contributed by atoms with Crippen molar-refractivity contribution >= 4 is 32.7 Å². The Kier molecular flexibility index (Phi) is 4.77. The van der Waals surface area contributed by atoms with E-state index in [0.717, 1.165) is 6.42 Å². The van der Waals surface area contributed by atoms with Crippen LogP contribution < -0.4 is 0 Å². The summed E-state index contributed by atoms with van der Waals surface area (Å²) in [6.07, 6.45) is 1.17. The summed E-state index contributed by atoms with van der Waals surface area (Å²) in [7, 11) is -2.98. The van der Waals surface area contributed by atoms with Crippen LogP contribution >= 0.6 is 11.8 Å². The lowest BCUT2D eigenvalue weighted by Crippen LogP contribution is -2.39. The number of carbonyl (C=O) groups is 1. The largest absolute Gasteiger partial charge is 0.346 e. The molecular formula is C16H20N2O3S2. The van der Waals surface area contributed by atoms with Gasteiger partial charge in [-0.1, -0.05) is 49.0 Å². The number of carbonyl (C=O) groups excluding carboxylic acids is 1. The van der Waals surface area contributed by atoms with Gasteiger partial charge in [-0.3, -0.25) is 4.79 Å². The Balaban J connectivity index is 1.79. The maximum absolute atomic E-state index is 11.9. The topological polar surface area (TPSA) is 66.8 Å². The summed E-state index contributed by atoms with van der Waals surface area (Å²) in [6.45, 7) is 2.47. The molecule has 0 radical (unpaired) electrons. The highest BCUT2D eigenvalue weighted by Gasteiger charge is 2.48. The van der Waals surface area contributed by atoms with E-state index < -0.39 is 9.84 Å². The van der Waals surface area contributed by atoms with Crippen molar-refractivity contribution in [3.63, 3.8) is 0 Å². The third-order valence-corrected chi connectivity index (χ3v) is 7.43. The highest BCUT2D eigenvalue weighted by atomic mass is 32.2. The van der Waals surface area contributed by atoms with E-state index in [4.69, 9.17) is 0 Å². The van der Waals surface area contributed by atoms with E-state index in [2.05, 4.69) is 17.1 Å². The van der Waals surface area contributed by atoms with Crippen LogP contribution in [0.15, 0.2) is 35.3 Å². The van der Waals surface area contributed by atoms with E-state index in [1.165, 1.54) is 17.3 Å². The van der Waals surface area contributed by atoms with Gasteiger partial charge in [-0.15, -0.1) is 0 Å². The lowest BCUT2D eigenvalue weighted by Gasteiger charge is -2.24. The molecule has 1 aromatic rings. The van der Waals surface area contributed by atoms with Crippen LogP contribution in [-0.2, 0) is 21.1 Å². The normalized spacial score (nSPS) is 27.3. The zero-order chi connectivity index (χ0) is 16.4. The highest BCUT2D eigenvalue weighted by Crippen LogP contribution is 2.38. The van der Waals surface area contributed by atoms with Crippen molar-refractivity contribution in [2.75, 3.05) is 18.1 Å². The van der Waals surface area contributed by atoms with Crippen molar-refractivity contribution in [3.8, 4) is 0 Å². The Bertz CT molecular complexity index is 716. The monoisotopic (exact) mass is 352 g/mol. The van der Waals surface area contributed by atoms with Gasteiger partial charge in [0.25, 0.3) is 0 Å². The summed E-state index contributed by atoms with van der Waals surface area (Å²) >= 11 is 1.45. The van der Waals surface area contributed by atoms with Crippen molar-refractivity contribution in [1.82, 2.24) is 4.90 Å². The molecular weight excluding hydrogens is 332 g/mol. The summed E-state index contributed by atoms with van der Waals surface area (Å²) in [5, 5.41) is 0.692. The van der Waals surface area contributed by atoms with Gasteiger partial charge in [-0.25, -0.2) is 8.42 Å². The first kappa shape index (κ1) is 16.5. The Hall–Kier alpha value is -1.34. The molecule has 1 aromatic carbocycles. The predicted molar refractivity (Wildman–Crippen MR) is 93.4 cm³/mol. The molecule has 3 rings (SSSR count). The molecule has 2 aliphatic rings. The minimum Gasteiger partial charge on any atom is -0.346 e. The van der Waals surface area contributed by atoms with Crippen molar-refractivity contribution < 1.29 is 13.2 Å². The van der Waals surface area contributed by atoms with Gasteiger partial charge in [0, 0.05) is 18.2 Å². The van der Waals surface area contributed by atoms with Crippen LogP contribution in [0, 0.1) is 0 Å². The number of thioether (sulfide) groups is 1. The molecule has 0 bridgehead atoms. The molecule has 1 amide bonds. The molecule has 2 aliphatic heterocycles. The van der Waals surface area contributed by atoms with Crippen LogP contribution in [0.25, 0.3) is 0 Å². The van der Waals surface area contributed by atoms with Crippen LogP contribution in [0.5, 0.6) is 0 Å². The minimum atomic E-state index is -2.98. The summed E-state index contributed by atoms with van der Waals surface area (Å²) in [5.74, 6) is 0.197. The Morgan fingerprint density at radius 2 is 2.04 bits per heavy atom. The molecule has 0 aliphatic carbocycles. The van der Waals surface area contributed by atoms with Crippen molar-refractivity contribution in [3.05, 3.63) is 35.9 Å². The lowest BCUT2D eigenvalue weighted by molar-refractivity contribution is -0.117. The molecule has 0 aromatic heterocycles. The summed E-state index contributed by atoms with van der Waals surface area (Å²) < 4.78 is 23.8. The molecule has 23 heavy (non-hydrogen) atoms. The number of fused-ring (bicyclic) bond motifs is 1. The second-order valence-corrected chi connectivity index (χ2v) is 9.23. The predicted octanol–water partition coefficient (Wildman–Crippen LogP) is 1.74. The van der Waals surface area contributed by atoms with Crippen molar-refractivity contribution in [2.24, 2.45) is 4.99 Å². The molecule has 2 atom stereocenters. The van der Waals surface area contributed by atoms with Crippen LogP contribution in [0.1, 0.15) is 18.9 Å². The fourth-order valence-electron chi connectivity index (χ4n) is 2.98. The van der Waals surface area contributed by atoms with Crippen LogP contribution in [0.4, 0.5) is 0 Å². The fraction of sp³-hybridized carbons (Fsp3) is 0.500. The number of nitrogens with zero attached hydrogens (tertiary/aromatic N) is 2. The van der Waals surface area contributed by atoms with Crippen LogP contribution in [0.3, 0.4) is 0 Å². The van der Waals surface area contributed by atoms with Gasteiger partial charge in [0.05, 0.1) is 17.5 Å². The molecule has 0 N–H and O–H groups in total. The molecule has 0 unspecified atom stereocenters. The first-order chi connectivity index (χ1) is 11.0.